The Balaban J connectivity index is 1.74. The van der Waals surface area contributed by atoms with Gasteiger partial charge in [0.2, 0.25) is 5.78 Å². The summed E-state index contributed by atoms with van der Waals surface area (Å²) in [6.07, 6.45) is 0. The molecule has 4 nitrogen and oxygen atoms in total. The van der Waals surface area contributed by atoms with Gasteiger partial charge in [-0.3, -0.25) is 4.79 Å². The molecule has 2 aromatic carbocycles. The number of ether oxygens (including phenoxy) is 1. The molecule has 0 aliphatic carbocycles. The topological polar surface area (TPSA) is 65.9 Å². The van der Waals surface area contributed by atoms with Crippen LogP contribution in [0.3, 0.4) is 0 Å². The van der Waals surface area contributed by atoms with Gasteiger partial charge in [-0.05, 0) is 32.0 Å². The van der Waals surface area contributed by atoms with E-state index in [9.17, 15) is 10.1 Å². The predicted molar refractivity (Wildman–Crippen MR) is 115 cm³/mol. The van der Waals surface area contributed by atoms with Crippen LogP contribution in [0.15, 0.2) is 68.6 Å². The summed E-state index contributed by atoms with van der Waals surface area (Å²) in [7, 11) is 0. The summed E-state index contributed by atoms with van der Waals surface area (Å²) in [5.74, 6) is 0.341. The Bertz CT molecular complexity index is 1210. The number of para-hydroxylation sites is 1. The molecule has 4 rings (SSSR count). The number of aromatic amines is 1. The van der Waals surface area contributed by atoms with Crippen molar-refractivity contribution in [1.82, 2.24) is 4.98 Å². The molecule has 6 heteroatoms. The van der Waals surface area contributed by atoms with Crippen molar-refractivity contribution < 1.29 is 9.53 Å². The number of rotatable bonds is 3. The Morgan fingerprint density at radius 3 is 2.57 bits per heavy atom. The monoisotopic (exact) mass is 450 g/mol. The lowest BCUT2D eigenvalue weighted by molar-refractivity contribution is 0.103. The van der Waals surface area contributed by atoms with Gasteiger partial charge in [-0.15, -0.1) is 0 Å². The fourth-order valence-electron chi connectivity index (χ4n) is 3.22. The zero-order valence-corrected chi connectivity index (χ0v) is 17.6. The van der Waals surface area contributed by atoms with E-state index in [0.717, 1.165) is 31.5 Å². The van der Waals surface area contributed by atoms with Crippen LogP contribution < -0.4 is 0 Å². The number of ketones is 1. The van der Waals surface area contributed by atoms with Gasteiger partial charge in [0.05, 0.1) is 5.56 Å². The maximum atomic E-state index is 13.2. The molecule has 2 heterocycles. The number of fused-ring (bicyclic) bond motifs is 1. The molecule has 0 saturated carbocycles. The molecule has 0 spiro atoms. The van der Waals surface area contributed by atoms with E-state index in [1.165, 1.54) is 11.8 Å². The van der Waals surface area contributed by atoms with Crippen molar-refractivity contribution in [3.8, 4) is 6.07 Å². The third kappa shape index (κ3) is 3.17. The highest BCUT2D eigenvalue weighted by Gasteiger charge is 2.29. The number of hydrogen-bond donors (Lipinski definition) is 1. The first kappa shape index (κ1) is 18.6. The van der Waals surface area contributed by atoms with Crippen LogP contribution in [0.4, 0.5) is 0 Å². The number of H-pyrrole nitrogens is 1. The lowest BCUT2D eigenvalue weighted by Crippen LogP contribution is -2.06. The lowest BCUT2D eigenvalue weighted by atomic mass is 10.0. The smallest absolute Gasteiger partial charge is 0.210 e. The van der Waals surface area contributed by atoms with E-state index in [0.29, 0.717) is 16.4 Å². The Morgan fingerprint density at radius 1 is 1.14 bits per heavy atom. The molecule has 1 aliphatic heterocycles. The molecular weight excluding hydrogens is 436 g/mol. The quantitative estimate of drug-likeness (QED) is 0.288. The number of allylic oxidation sites excluding steroid dienone is 2. The Hall–Kier alpha value is -2.75. The summed E-state index contributed by atoms with van der Waals surface area (Å²) in [5, 5.41) is 10.9. The standard InChI is InChI=1S/C22H15BrN2O2S/c1-12-19(16-5-3-4-6-18(16)25-12)20(26)17(11-24)22-27-21(13(2)28-22)14-7-9-15(23)10-8-14/h3-10,25H,1-2H3/b22-17-. The first-order chi connectivity index (χ1) is 13.5. The van der Waals surface area contributed by atoms with Crippen LogP contribution in [-0.2, 0) is 4.74 Å². The summed E-state index contributed by atoms with van der Waals surface area (Å²) in [4.78, 5) is 17.4. The third-order valence-electron chi connectivity index (χ3n) is 4.53. The van der Waals surface area contributed by atoms with Crippen molar-refractivity contribution in [1.29, 1.82) is 5.26 Å². The molecule has 0 unspecified atom stereocenters. The van der Waals surface area contributed by atoms with E-state index < -0.39 is 0 Å². The zero-order chi connectivity index (χ0) is 19.8. The van der Waals surface area contributed by atoms with Gasteiger partial charge in [-0.2, -0.15) is 5.26 Å². The highest BCUT2D eigenvalue weighted by atomic mass is 79.9. The van der Waals surface area contributed by atoms with Gasteiger partial charge >= 0.3 is 0 Å². The van der Waals surface area contributed by atoms with Crippen LogP contribution in [0.2, 0.25) is 0 Å². The maximum Gasteiger partial charge on any atom is 0.210 e. The second kappa shape index (κ2) is 7.34. The minimum Gasteiger partial charge on any atom is -0.447 e. The number of carbonyl (C=O) groups is 1. The molecule has 0 fully saturated rings. The van der Waals surface area contributed by atoms with Gasteiger partial charge in [0.15, 0.2) is 5.09 Å². The number of benzene rings is 2. The van der Waals surface area contributed by atoms with Crippen molar-refractivity contribution in [3.63, 3.8) is 0 Å². The molecule has 1 N–H and O–H groups in total. The Morgan fingerprint density at radius 2 is 1.86 bits per heavy atom. The summed E-state index contributed by atoms with van der Waals surface area (Å²) in [6.45, 7) is 3.76. The van der Waals surface area contributed by atoms with E-state index in [1.807, 2.05) is 62.4 Å². The maximum absolute atomic E-state index is 13.2. The number of Topliss-reactive ketones (excluding diaryl/α,β-unsaturated/α-hetero) is 1. The second-order valence-corrected chi connectivity index (χ2v) is 8.47. The van der Waals surface area contributed by atoms with Gasteiger partial charge in [-0.1, -0.05) is 58.0 Å². The third-order valence-corrected chi connectivity index (χ3v) is 6.02. The molecule has 3 aromatic rings. The minimum absolute atomic E-state index is 0.0179. The van der Waals surface area contributed by atoms with E-state index in [1.54, 1.807) is 0 Å². The number of aryl methyl sites for hydroxylation is 1. The van der Waals surface area contributed by atoms with Crippen LogP contribution in [-0.4, -0.2) is 10.8 Å². The number of hydrogen-bond acceptors (Lipinski definition) is 4. The number of nitrogens with one attached hydrogen (secondary N) is 1. The van der Waals surface area contributed by atoms with E-state index in [2.05, 4.69) is 27.0 Å². The molecule has 1 aliphatic rings. The van der Waals surface area contributed by atoms with Gasteiger partial charge < -0.3 is 9.72 Å². The molecule has 0 amide bonds. The van der Waals surface area contributed by atoms with E-state index >= 15 is 0 Å². The van der Waals surface area contributed by atoms with Gasteiger partial charge in [0, 0.05) is 31.5 Å². The Labute approximate surface area is 175 Å². The largest absolute Gasteiger partial charge is 0.447 e. The SMILES string of the molecule is CC1=C(c2ccc(Br)cc2)O/C(=C(\C#N)C(=O)c2c(C)[nH]c3ccccc23)S1. The van der Waals surface area contributed by atoms with Crippen molar-refractivity contribution in [3.05, 3.63) is 85.4 Å². The van der Waals surface area contributed by atoms with Crippen LogP contribution in [0.25, 0.3) is 16.7 Å². The van der Waals surface area contributed by atoms with E-state index in [4.69, 9.17) is 4.74 Å². The van der Waals surface area contributed by atoms with Gasteiger partial charge in [-0.25, -0.2) is 0 Å². The second-order valence-electron chi connectivity index (χ2n) is 6.37. The van der Waals surface area contributed by atoms with Crippen LogP contribution in [0, 0.1) is 18.3 Å². The first-order valence-corrected chi connectivity index (χ1v) is 10.2. The first-order valence-electron chi connectivity index (χ1n) is 8.58. The lowest BCUT2D eigenvalue weighted by Gasteiger charge is -2.07. The van der Waals surface area contributed by atoms with Crippen molar-refractivity contribution in [2.24, 2.45) is 0 Å². The summed E-state index contributed by atoms with van der Waals surface area (Å²) in [6, 6.07) is 17.4. The van der Waals surface area contributed by atoms with E-state index in [-0.39, 0.29) is 11.4 Å². The van der Waals surface area contributed by atoms with Crippen LogP contribution in [0.1, 0.15) is 28.5 Å². The molecule has 138 valence electrons. The molecule has 0 saturated heterocycles. The molecular formula is C22H15BrN2O2S. The molecule has 28 heavy (non-hydrogen) atoms. The fourth-order valence-corrected chi connectivity index (χ4v) is 4.38. The number of thioether (sulfide) groups is 1. The molecule has 0 radical (unpaired) electrons. The van der Waals surface area contributed by atoms with Crippen molar-refractivity contribution in [2.75, 3.05) is 0 Å². The fraction of sp³-hybridized carbons (Fsp3) is 0.0909. The van der Waals surface area contributed by atoms with Gasteiger partial charge in [0.1, 0.15) is 17.4 Å². The highest BCUT2D eigenvalue weighted by Crippen LogP contribution is 2.44. The van der Waals surface area contributed by atoms with Gasteiger partial charge in [0.25, 0.3) is 0 Å². The van der Waals surface area contributed by atoms with Crippen molar-refractivity contribution in [2.45, 2.75) is 13.8 Å². The number of nitrogens with zero attached hydrogens (tertiary/aromatic N) is 1. The van der Waals surface area contributed by atoms with Crippen LogP contribution >= 0.6 is 27.7 Å². The number of halogens is 1. The summed E-state index contributed by atoms with van der Waals surface area (Å²) < 4.78 is 6.95. The predicted octanol–water partition coefficient (Wildman–Crippen LogP) is 6.31. The van der Waals surface area contributed by atoms with Crippen LogP contribution in [0.5, 0.6) is 0 Å². The number of carbonyl (C=O) groups excluding carboxylic acids is 1. The normalized spacial score (nSPS) is 15.5. The molecule has 1 aromatic heterocycles. The van der Waals surface area contributed by atoms with Crippen molar-refractivity contribution >= 4 is 50.1 Å². The zero-order valence-electron chi connectivity index (χ0n) is 15.2. The molecule has 0 bridgehead atoms. The highest BCUT2D eigenvalue weighted by molar-refractivity contribution is 9.10. The number of nitriles is 1. The summed E-state index contributed by atoms with van der Waals surface area (Å²) in [5.41, 5.74) is 3.04. The average Bonchev–Trinajstić information content (AvgIpc) is 3.22. The summed E-state index contributed by atoms with van der Waals surface area (Å²) >= 11 is 4.73. The average molecular weight is 451 g/mol. The Kier molecular flexibility index (Phi) is 4.88. The molecule has 0 atom stereocenters. The number of aromatic nitrogens is 1. The minimum atomic E-state index is -0.329.